The van der Waals surface area contributed by atoms with Crippen LogP contribution in [0.25, 0.3) is 0 Å². The molecule has 0 radical (unpaired) electrons. The molecule has 1 atom stereocenters. The normalized spacial score (nSPS) is 24.8. The average Bonchev–Trinajstić information content (AvgIpc) is 2.15. The molecule has 0 aromatic heterocycles. The summed E-state index contributed by atoms with van der Waals surface area (Å²) in [4.78, 5) is 2.09. The first-order valence-corrected chi connectivity index (χ1v) is 4.24. The van der Waals surface area contributed by atoms with E-state index in [2.05, 4.69) is 38.3 Å². The second-order valence-corrected chi connectivity index (χ2v) is 4.38. The maximum atomic E-state index is 5.84. The highest BCUT2D eigenvalue weighted by atomic mass is 15.2. The van der Waals surface area contributed by atoms with Crippen LogP contribution in [0.4, 0.5) is 0 Å². The lowest BCUT2D eigenvalue weighted by Gasteiger charge is -2.28. The van der Waals surface area contributed by atoms with Gasteiger partial charge in [-0.1, -0.05) is 27.4 Å². The summed E-state index contributed by atoms with van der Waals surface area (Å²) in [6.07, 6.45) is 2.09. The van der Waals surface area contributed by atoms with Crippen LogP contribution in [0.2, 0.25) is 0 Å². The van der Waals surface area contributed by atoms with Crippen molar-refractivity contribution in [3.63, 3.8) is 0 Å². The number of rotatable bonds is 0. The first kappa shape index (κ1) is 9.33. The van der Waals surface area contributed by atoms with Gasteiger partial charge in [-0.25, -0.2) is 0 Å². The van der Waals surface area contributed by atoms with E-state index in [0.717, 1.165) is 5.70 Å². The summed E-state index contributed by atoms with van der Waals surface area (Å²) in [6, 6.07) is 0.00391. The molecule has 1 aliphatic rings. The van der Waals surface area contributed by atoms with E-state index < -0.39 is 0 Å². The average molecular weight is 166 g/mol. The third kappa shape index (κ3) is 1.39. The molecule has 0 aromatic carbocycles. The van der Waals surface area contributed by atoms with Crippen molar-refractivity contribution in [1.82, 2.24) is 4.90 Å². The molecule has 68 valence electrons. The van der Waals surface area contributed by atoms with Crippen molar-refractivity contribution < 1.29 is 0 Å². The lowest BCUT2D eigenvalue weighted by Crippen LogP contribution is -2.25. The SMILES string of the molecule is C=C1C(N)C=C(C(C)(C)C)N1C. The second kappa shape index (κ2) is 2.63. The van der Waals surface area contributed by atoms with Crippen molar-refractivity contribution in [1.29, 1.82) is 0 Å². The van der Waals surface area contributed by atoms with Gasteiger partial charge in [0.2, 0.25) is 0 Å². The van der Waals surface area contributed by atoms with Gasteiger partial charge in [-0.05, 0) is 6.08 Å². The van der Waals surface area contributed by atoms with E-state index in [1.54, 1.807) is 0 Å². The molecule has 1 aliphatic heterocycles. The van der Waals surface area contributed by atoms with Crippen LogP contribution in [0.5, 0.6) is 0 Å². The van der Waals surface area contributed by atoms with Crippen LogP contribution >= 0.6 is 0 Å². The highest BCUT2D eigenvalue weighted by Gasteiger charge is 2.29. The molecule has 1 unspecified atom stereocenters. The van der Waals surface area contributed by atoms with Gasteiger partial charge in [0, 0.05) is 23.9 Å². The van der Waals surface area contributed by atoms with Crippen molar-refractivity contribution >= 4 is 0 Å². The van der Waals surface area contributed by atoms with Crippen molar-refractivity contribution in [2.24, 2.45) is 11.1 Å². The van der Waals surface area contributed by atoms with E-state index in [9.17, 15) is 0 Å². The Kier molecular flexibility index (Phi) is 2.04. The number of nitrogens with two attached hydrogens (primary N) is 1. The molecule has 0 spiro atoms. The van der Waals surface area contributed by atoms with Gasteiger partial charge in [-0.3, -0.25) is 0 Å². The third-order valence-corrected chi connectivity index (χ3v) is 2.28. The Labute approximate surface area is 74.7 Å². The Hall–Kier alpha value is -0.760. The molecule has 0 saturated heterocycles. The van der Waals surface area contributed by atoms with E-state index in [1.165, 1.54) is 5.70 Å². The highest BCUT2D eigenvalue weighted by molar-refractivity contribution is 5.31. The first-order chi connectivity index (χ1) is 5.34. The fraction of sp³-hybridized carbons (Fsp3) is 0.600. The van der Waals surface area contributed by atoms with Crippen LogP contribution in [-0.2, 0) is 0 Å². The molecule has 1 heterocycles. The second-order valence-electron chi connectivity index (χ2n) is 4.38. The van der Waals surface area contributed by atoms with E-state index in [4.69, 9.17) is 5.73 Å². The smallest absolute Gasteiger partial charge is 0.0649 e. The quantitative estimate of drug-likeness (QED) is 0.593. The number of hydrogen-bond donors (Lipinski definition) is 1. The molecule has 0 bridgehead atoms. The largest absolute Gasteiger partial charge is 0.350 e. The Morgan fingerprint density at radius 1 is 1.50 bits per heavy atom. The van der Waals surface area contributed by atoms with E-state index in [-0.39, 0.29) is 11.5 Å². The number of nitrogens with zero attached hydrogens (tertiary/aromatic N) is 1. The summed E-state index contributed by atoms with van der Waals surface area (Å²) >= 11 is 0. The maximum Gasteiger partial charge on any atom is 0.0649 e. The molecule has 0 amide bonds. The topological polar surface area (TPSA) is 29.3 Å². The minimum absolute atomic E-state index is 0.00391. The van der Waals surface area contributed by atoms with Gasteiger partial charge in [0.05, 0.1) is 6.04 Å². The van der Waals surface area contributed by atoms with Crippen LogP contribution < -0.4 is 5.73 Å². The number of likely N-dealkylation sites (N-methyl/N-ethyl adjacent to an activating group) is 1. The van der Waals surface area contributed by atoms with Crippen molar-refractivity contribution in [3.05, 3.63) is 24.0 Å². The number of allylic oxidation sites excluding steroid dienone is 1. The standard InChI is InChI=1S/C10H18N2/c1-7-8(11)6-9(12(7)5)10(2,3)4/h6,8H,1,11H2,2-5H3. The fourth-order valence-corrected chi connectivity index (χ4v) is 1.51. The van der Waals surface area contributed by atoms with Gasteiger partial charge >= 0.3 is 0 Å². The van der Waals surface area contributed by atoms with Crippen LogP contribution in [0.1, 0.15) is 20.8 Å². The first-order valence-electron chi connectivity index (χ1n) is 4.24. The molecule has 0 fully saturated rings. The Morgan fingerprint density at radius 2 is 2.00 bits per heavy atom. The Balaban J connectivity index is 2.95. The minimum atomic E-state index is 0.00391. The summed E-state index contributed by atoms with van der Waals surface area (Å²) in [5, 5.41) is 0. The molecule has 2 nitrogen and oxygen atoms in total. The number of hydrogen-bond acceptors (Lipinski definition) is 2. The zero-order valence-corrected chi connectivity index (χ0v) is 8.39. The summed E-state index contributed by atoms with van der Waals surface area (Å²) < 4.78 is 0. The minimum Gasteiger partial charge on any atom is -0.350 e. The molecule has 0 saturated carbocycles. The highest BCUT2D eigenvalue weighted by Crippen LogP contribution is 2.34. The summed E-state index contributed by atoms with van der Waals surface area (Å²) in [5.74, 6) is 0. The fourth-order valence-electron chi connectivity index (χ4n) is 1.51. The Bertz CT molecular complexity index is 233. The van der Waals surface area contributed by atoms with Gasteiger partial charge < -0.3 is 10.6 Å². The monoisotopic (exact) mass is 166 g/mol. The van der Waals surface area contributed by atoms with E-state index >= 15 is 0 Å². The molecule has 0 aromatic rings. The van der Waals surface area contributed by atoms with E-state index in [1.807, 2.05) is 7.05 Å². The summed E-state index contributed by atoms with van der Waals surface area (Å²) in [6.45, 7) is 10.5. The van der Waals surface area contributed by atoms with Crippen LogP contribution in [0, 0.1) is 5.41 Å². The van der Waals surface area contributed by atoms with E-state index in [0.29, 0.717) is 0 Å². The van der Waals surface area contributed by atoms with Gasteiger partial charge in [0.25, 0.3) is 0 Å². The molecular weight excluding hydrogens is 148 g/mol. The predicted octanol–water partition coefficient (Wildman–Crippen LogP) is 1.70. The lowest BCUT2D eigenvalue weighted by molar-refractivity contribution is 0.372. The van der Waals surface area contributed by atoms with Crippen LogP contribution in [0.3, 0.4) is 0 Å². The molecule has 0 aliphatic carbocycles. The zero-order valence-electron chi connectivity index (χ0n) is 8.39. The molecular formula is C10H18N2. The maximum absolute atomic E-state index is 5.84. The van der Waals surface area contributed by atoms with Crippen LogP contribution in [0.15, 0.2) is 24.0 Å². The predicted molar refractivity (Wildman–Crippen MR) is 52.4 cm³/mol. The molecule has 2 heteroatoms. The van der Waals surface area contributed by atoms with Crippen molar-refractivity contribution in [2.75, 3.05) is 7.05 Å². The molecule has 1 rings (SSSR count). The summed E-state index contributed by atoms with van der Waals surface area (Å²) in [7, 11) is 2.02. The molecule has 2 N–H and O–H groups in total. The Morgan fingerprint density at radius 3 is 2.17 bits per heavy atom. The van der Waals surface area contributed by atoms with Gasteiger partial charge in [-0.15, -0.1) is 0 Å². The third-order valence-electron chi connectivity index (χ3n) is 2.28. The zero-order chi connectivity index (χ0) is 9.52. The van der Waals surface area contributed by atoms with Crippen molar-refractivity contribution in [3.8, 4) is 0 Å². The van der Waals surface area contributed by atoms with Gasteiger partial charge in [0.1, 0.15) is 0 Å². The van der Waals surface area contributed by atoms with Crippen molar-refractivity contribution in [2.45, 2.75) is 26.8 Å². The molecule has 12 heavy (non-hydrogen) atoms. The van der Waals surface area contributed by atoms with Gasteiger partial charge in [-0.2, -0.15) is 0 Å². The van der Waals surface area contributed by atoms with Crippen LogP contribution in [-0.4, -0.2) is 18.0 Å². The lowest BCUT2D eigenvalue weighted by atomic mass is 9.92. The van der Waals surface area contributed by atoms with Gasteiger partial charge in [0.15, 0.2) is 0 Å². The summed E-state index contributed by atoms with van der Waals surface area (Å²) in [5.41, 5.74) is 8.25.